The Hall–Kier alpha value is -2.01. The number of fused-ring (bicyclic) bond motifs is 1. The van der Waals surface area contributed by atoms with Gasteiger partial charge in [0.05, 0.1) is 0 Å². The molecule has 1 aromatic carbocycles. The second-order valence-corrected chi connectivity index (χ2v) is 4.84. The molecular weight excluding hydrogens is 294 g/mol. The van der Waals surface area contributed by atoms with Crippen LogP contribution < -0.4 is 11.5 Å². The molecule has 0 spiro atoms. The van der Waals surface area contributed by atoms with E-state index in [9.17, 15) is 0 Å². The number of halogens is 1. The molecular formula is C13H10BrN3O. The van der Waals surface area contributed by atoms with Gasteiger partial charge < -0.3 is 15.9 Å². The molecule has 0 saturated heterocycles. The normalized spacial score (nSPS) is 10.9. The number of nitrogens with two attached hydrogens (primary N) is 2. The Morgan fingerprint density at radius 3 is 2.50 bits per heavy atom. The first kappa shape index (κ1) is 11.1. The minimum Gasteiger partial charge on any atom is -0.436 e. The molecule has 0 aliphatic carbocycles. The van der Waals surface area contributed by atoms with Crippen LogP contribution in [-0.4, -0.2) is 4.98 Å². The molecule has 3 aromatic rings. The van der Waals surface area contributed by atoms with Crippen LogP contribution in [0.25, 0.3) is 22.2 Å². The number of nitrogen functional groups attached to an aromatic ring is 2. The zero-order chi connectivity index (χ0) is 12.7. The summed E-state index contributed by atoms with van der Waals surface area (Å²) >= 11 is 3.40. The Labute approximate surface area is 112 Å². The average molecular weight is 304 g/mol. The summed E-state index contributed by atoms with van der Waals surface area (Å²) in [5, 5.41) is 0.792. The van der Waals surface area contributed by atoms with Gasteiger partial charge in [0.25, 0.3) is 0 Å². The molecule has 2 heterocycles. The van der Waals surface area contributed by atoms with Gasteiger partial charge >= 0.3 is 0 Å². The van der Waals surface area contributed by atoms with Gasteiger partial charge in [-0.2, -0.15) is 0 Å². The van der Waals surface area contributed by atoms with Gasteiger partial charge in [-0.1, -0.05) is 28.1 Å². The number of hydrogen-bond donors (Lipinski definition) is 2. The molecule has 0 radical (unpaired) electrons. The topological polar surface area (TPSA) is 78.1 Å². The lowest BCUT2D eigenvalue weighted by molar-refractivity contribution is 0.638. The summed E-state index contributed by atoms with van der Waals surface area (Å²) in [6, 6.07) is 9.62. The second kappa shape index (κ2) is 4.03. The molecule has 0 unspecified atom stereocenters. The molecule has 0 bridgehead atoms. The van der Waals surface area contributed by atoms with Crippen LogP contribution >= 0.6 is 15.9 Å². The number of hydrogen-bond acceptors (Lipinski definition) is 4. The first-order valence-corrected chi connectivity index (χ1v) is 6.14. The van der Waals surface area contributed by atoms with Crippen LogP contribution in [0.15, 0.2) is 45.4 Å². The van der Waals surface area contributed by atoms with Crippen LogP contribution in [0.2, 0.25) is 0 Å². The van der Waals surface area contributed by atoms with E-state index in [-0.39, 0.29) is 5.88 Å². The van der Waals surface area contributed by atoms with Crippen molar-refractivity contribution < 1.29 is 4.42 Å². The zero-order valence-electron chi connectivity index (χ0n) is 9.35. The van der Waals surface area contributed by atoms with Gasteiger partial charge in [-0.15, -0.1) is 0 Å². The molecule has 2 aromatic heterocycles. The van der Waals surface area contributed by atoms with Crippen molar-refractivity contribution in [1.82, 2.24) is 4.98 Å². The molecule has 3 rings (SSSR count). The van der Waals surface area contributed by atoms with Crippen LogP contribution in [0.4, 0.5) is 11.6 Å². The maximum Gasteiger partial charge on any atom is 0.214 e. The first-order chi connectivity index (χ1) is 8.66. The van der Waals surface area contributed by atoms with Gasteiger partial charge in [0, 0.05) is 21.6 Å². The van der Waals surface area contributed by atoms with Crippen molar-refractivity contribution >= 4 is 38.5 Å². The summed E-state index contributed by atoms with van der Waals surface area (Å²) in [6.45, 7) is 0. The van der Waals surface area contributed by atoms with E-state index in [1.165, 1.54) is 0 Å². The van der Waals surface area contributed by atoms with Gasteiger partial charge in [0.15, 0.2) is 5.58 Å². The molecule has 0 aliphatic heterocycles. The van der Waals surface area contributed by atoms with Crippen molar-refractivity contribution in [2.75, 3.05) is 11.5 Å². The fourth-order valence-corrected chi connectivity index (χ4v) is 2.14. The number of nitrogens with zero attached hydrogens (tertiary/aromatic N) is 1. The highest BCUT2D eigenvalue weighted by molar-refractivity contribution is 9.10. The van der Waals surface area contributed by atoms with E-state index < -0.39 is 0 Å². The molecule has 0 amide bonds. The van der Waals surface area contributed by atoms with Gasteiger partial charge in [-0.3, -0.25) is 4.98 Å². The summed E-state index contributed by atoms with van der Waals surface area (Å²) < 4.78 is 6.50. The zero-order valence-corrected chi connectivity index (χ0v) is 10.9. The molecule has 0 saturated carbocycles. The standard InChI is InChI=1S/C13H10BrN3O/c14-8-3-1-7(2-4-8)11-12-9(5-6-17-11)10(15)13(16)18-12/h1-6H,15-16H2. The third-order valence-electron chi connectivity index (χ3n) is 2.79. The summed E-state index contributed by atoms with van der Waals surface area (Å²) in [5.74, 6) is 0.233. The van der Waals surface area contributed by atoms with E-state index in [4.69, 9.17) is 15.9 Å². The molecule has 90 valence electrons. The Morgan fingerprint density at radius 2 is 1.78 bits per heavy atom. The van der Waals surface area contributed by atoms with E-state index in [0.29, 0.717) is 11.3 Å². The van der Waals surface area contributed by atoms with Crippen LogP contribution in [0.5, 0.6) is 0 Å². The van der Waals surface area contributed by atoms with E-state index in [0.717, 1.165) is 21.1 Å². The Bertz CT molecular complexity index is 719. The van der Waals surface area contributed by atoms with Crippen LogP contribution in [0.3, 0.4) is 0 Å². The van der Waals surface area contributed by atoms with Crippen molar-refractivity contribution in [3.63, 3.8) is 0 Å². The first-order valence-electron chi connectivity index (χ1n) is 5.35. The van der Waals surface area contributed by atoms with Crippen molar-refractivity contribution in [2.45, 2.75) is 0 Å². The quantitative estimate of drug-likeness (QED) is 0.722. The second-order valence-electron chi connectivity index (χ2n) is 3.92. The van der Waals surface area contributed by atoms with Crippen molar-refractivity contribution in [3.8, 4) is 11.3 Å². The maximum atomic E-state index is 5.86. The molecule has 4 nitrogen and oxygen atoms in total. The predicted octanol–water partition coefficient (Wildman–Crippen LogP) is 3.42. The number of pyridine rings is 1. The summed E-state index contributed by atoms with van der Waals surface area (Å²) in [7, 11) is 0. The number of furan rings is 1. The van der Waals surface area contributed by atoms with E-state index in [1.807, 2.05) is 24.3 Å². The van der Waals surface area contributed by atoms with Crippen LogP contribution in [0, 0.1) is 0 Å². The molecule has 5 heteroatoms. The fraction of sp³-hybridized carbons (Fsp3) is 0. The molecule has 0 aliphatic rings. The monoisotopic (exact) mass is 303 g/mol. The molecule has 0 atom stereocenters. The van der Waals surface area contributed by atoms with Gasteiger partial charge in [-0.25, -0.2) is 0 Å². The van der Waals surface area contributed by atoms with E-state index >= 15 is 0 Å². The van der Waals surface area contributed by atoms with Crippen molar-refractivity contribution in [1.29, 1.82) is 0 Å². The number of benzene rings is 1. The van der Waals surface area contributed by atoms with E-state index in [2.05, 4.69) is 20.9 Å². The fourth-order valence-electron chi connectivity index (χ4n) is 1.87. The highest BCUT2D eigenvalue weighted by Crippen LogP contribution is 2.35. The van der Waals surface area contributed by atoms with Crippen LogP contribution in [0.1, 0.15) is 0 Å². The highest BCUT2D eigenvalue weighted by Gasteiger charge is 2.14. The molecule has 0 fully saturated rings. The Morgan fingerprint density at radius 1 is 1.06 bits per heavy atom. The molecule has 18 heavy (non-hydrogen) atoms. The lowest BCUT2D eigenvalue weighted by atomic mass is 10.1. The lowest BCUT2D eigenvalue weighted by Crippen LogP contribution is -1.89. The predicted molar refractivity (Wildman–Crippen MR) is 76.0 cm³/mol. The molecule has 4 N–H and O–H groups in total. The van der Waals surface area contributed by atoms with Crippen molar-refractivity contribution in [3.05, 3.63) is 41.0 Å². The number of aromatic nitrogens is 1. The summed E-state index contributed by atoms with van der Waals surface area (Å²) in [4.78, 5) is 4.34. The largest absolute Gasteiger partial charge is 0.436 e. The smallest absolute Gasteiger partial charge is 0.214 e. The Balaban J connectivity index is 2.29. The minimum absolute atomic E-state index is 0.233. The number of rotatable bonds is 1. The van der Waals surface area contributed by atoms with Gasteiger partial charge in [0.1, 0.15) is 11.4 Å². The Kier molecular flexibility index (Phi) is 2.48. The maximum absolute atomic E-state index is 5.86. The van der Waals surface area contributed by atoms with Gasteiger partial charge in [-0.05, 0) is 18.2 Å². The average Bonchev–Trinajstić information content (AvgIpc) is 2.67. The highest BCUT2D eigenvalue weighted by atomic mass is 79.9. The van der Waals surface area contributed by atoms with Crippen LogP contribution in [-0.2, 0) is 0 Å². The van der Waals surface area contributed by atoms with Gasteiger partial charge in [0.2, 0.25) is 5.88 Å². The third-order valence-corrected chi connectivity index (χ3v) is 3.32. The SMILES string of the molecule is Nc1oc2c(-c3ccc(Br)cc3)nccc2c1N. The lowest BCUT2D eigenvalue weighted by Gasteiger charge is -2.01. The third kappa shape index (κ3) is 1.64. The number of anilines is 2. The summed E-state index contributed by atoms with van der Waals surface area (Å²) in [5.41, 5.74) is 14.3. The van der Waals surface area contributed by atoms with E-state index in [1.54, 1.807) is 12.3 Å². The minimum atomic E-state index is 0.233. The summed E-state index contributed by atoms with van der Waals surface area (Å²) in [6.07, 6.45) is 1.70. The van der Waals surface area contributed by atoms with Crippen molar-refractivity contribution in [2.24, 2.45) is 0 Å².